The molecule has 1 atom stereocenters. The first-order valence-electron chi connectivity index (χ1n) is 11.8. The van der Waals surface area contributed by atoms with Gasteiger partial charge in [0.1, 0.15) is 17.7 Å². The first-order valence-corrected chi connectivity index (χ1v) is 14.2. The van der Waals surface area contributed by atoms with E-state index in [-0.39, 0.29) is 18.1 Å². The Morgan fingerprint density at radius 3 is 2.49 bits per heavy atom. The lowest BCUT2D eigenvalue weighted by Crippen LogP contribution is -2.12. The van der Waals surface area contributed by atoms with Crippen LogP contribution in [0.15, 0.2) is 58.2 Å². The van der Waals surface area contributed by atoms with Crippen molar-refractivity contribution in [1.82, 2.24) is 14.8 Å². The summed E-state index contributed by atoms with van der Waals surface area (Å²) in [6, 6.07) is 14.9. The molecular formula is C27H25BrCl2N4O4S. The Balaban J connectivity index is 1.65. The summed E-state index contributed by atoms with van der Waals surface area (Å²) in [4.78, 5) is 11.4. The van der Waals surface area contributed by atoms with Gasteiger partial charge in [0, 0.05) is 10.6 Å². The highest BCUT2D eigenvalue weighted by atomic mass is 79.9. The van der Waals surface area contributed by atoms with Crippen molar-refractivity contribution in [2.24, 2.45) is 0 Å². The third kappa shape index (κ3) is 6.87. The molecule has 3 aromatic carbocycles. The summed E-state index contributed by atoms with van der Waals surface area (Å²) in [6.45, 7) is 5.83. The van der Waals surface area contributed by atoms with Crippen molar-refractivity contribution >= 4 is 50.9 Å². The van der Waals surface area contributed by atoms with Crippen LogP contribution in [0.25, 0.3) is 5.69 Å². The van der Waals surface area contributed by atoms with E-state index in [0.717, 1.165) is 16.8 Å². The second kappa shape index (κ2) is 12.6. The zero-order valence-electron chi connectivity index (χ0n) is 21.6. The van der Waals surface area contributed by atoms with Crippen LogP contribution in [0.4, 0.5) is 0 Å². The number of methoxy groups -OCH3 is 1. The monoisotopic (exact) mass is 650 g/mol. The Morgan fingerprint density at radius 2 is 1.82 bits per heavy atom. The molecule has 39 heavy (non-hydrogen) atoms. The van der Waals surface area contributed by atoms with Crippen molar-refractivity contribution < 1.29 is 14.4 Å². The molecule has 0 aliphatic carbocycles. The molecule has 0 bridgehead atoms. The molecule has 1 aromatic heterocycles. The van der Waals surface area contributed by atoms with Crippen molar-refractivity contribution in [3.8, 4) is 17.2 Å². The van der Waals surface area contributed by atoms with Crippen LogP contribution in [0.2, 0.25) is 10.0 Å². The Hall–Kier alpha value is -2.79. The molecule has 0 saturated carbocycles. The van der Waals surface area contributed by atoms with E-state index in [1.807, 2.05) is 43.5 Å². The molecule has 0 fully saturated rings. The van der Waals surface area contributed by atoms with Gasteiger partial charge in [0.2, 0.25) is 6.54 Å². The van der Waals surface area contributed by atoms with Crippen molar-refractivity contribution in [3.63, 3.8) is 0 Å². The lowest BCUT2D eigenvalue weighted by Gasteiger charge is -2.18. The predicted octanol–water partition coefficient (Wildman–Crippen LogP) is 7.96. The molecule has 4 rings (SSSR count). The molecule has 0 N–H and O–H groups in total. The van der Waals surface area contributed by atoms with Crippen molar-refractivity contribution in [2.45, 2.75) is 37.8 Å². The van der Waals surface area contributed by atoms with Gasteiger partial charge in [-0.25, -0.2) is 0 Å². The molecule has 0 aliphatic rings. The van der Waals surface area contributed by atoms with Gasteiger partial charge in [0.05, 0.1) is 21.6 Å². The van der Waals surface area contributed by atoms with Crippen LogP contribution < -0.4 is 9.47 Å². The third-order valence-corrected chi connectivity index (χ3v) is 8.61. The molecule has 12 heteroatoms. The van der Waals surface area contributed by atoms with Crippen LogP contribution in [0.1, 0.15) is 33.3 Å². The minimum atomic E-state index is -0.580. The lowest BCUT2D eigenvalue weighted by atomic mass is 10.1. The van der Waals surface area contributed by atoms with E-state index >= 15 is 0 Å². The van der Waals surface area contributed by atoms with E-state index in [9.17, 15) is 10.1 Å². The maximum absolute atomic E-state index is 11.7. The summed E-state index contributed by atoms with van der Waals surface area (Å²) in [6.07, 6.45) is 0. The van der Waals surface area contributed by atoms with Crippen molar-refractivity contribution in [3.05, 3.63) is 101 Å². The van der Waals surface area contributed by atoms with Gasteiger partial charge in [-0.3, -0.25) is 14.7 Å². The molecule has 0 saturated heterocycles. The summed E-state index contributed by atoms with van der Waals surface area (Å²) in [5.41, 5.74) is 4.69. The Labute approximate surface area is 248 Å². The number of benzene rings is 3. The van der Waals surface area contributed by atoms with Gasteiger partial charge < -0.3 is 9.47 Å². The number of aryl methyl sites for hydroxylation is 3. The number of nitrogens with zero attached hydrogens (tertiary/aromatic N) is 4. The average molecular weight is 652 g/mol. The predicted molar refractivity (Wildman–Crippen MR) is 158 cm³/mol. The second-order valence-electron chi connectivity index (χ2n) is 8.83. The van der Waals surface area contributed by atoms with Gasteiger partial charge in [-0.2, -0.15) is 0 Å². The number of hydrogen-bond acceptors (Lipinski definition) is 7. The van der Waals surface area contributed by atoms with Crippen LogP contribution in [-0.2, 0) is 6.61 Å². The smallest absolute Gasteiger partial charge is 0.220 e. The molecule has 8 nitrogen and oxygen atoms in total. The fraction of sp³-hybridized carbons (Fsp3) is 0.259. The zero-order valence-corrected chi connectivity index (χ0v) is 25.5. The normalized spacial score (nSPS) is 11.9. The van der Waals surface area contributed by atoms with E-state index in [1.165, 1.54) is 24.4 Å². The molecule has 1 heterocycles. The highest BCUT2D eigenvalue weighted by molar-refractivity contribution is 9.10. The van der Waals surface area contributed by atoms with Crippen LogP contribution in [0.5, 0.6) is 11.5 Å². The largest absolute Gasteiger partial charge is 0.493 e. The first-order chi connectivity index (χ1) is 18.6. The number of nitro groups is 1. The number of hydrogen-bond donors (Lipinski definition) is 0. The number of thioether (sulfide) groups is 1. The number of halogens is 3. The molecule has 204 valence electrons. The number of aromatic nitrogens is 3. The Bertz CT molecular complexity index is 1530. The van der Waals surface area contributed by atoms with Gasteiger partial charge in [-0.1, -0.05) is 47.1 Å². The van der Waals surface area contributed by atoms with E-state index in [0.29, 0.717) is 42.6 Å². The Morgan fingerprint density at radius 1 is 1.05 bits per heavy atom. The molecular weight excluding hydrogens is 627 g/mol. The molecule has 0 radical (unpaired) electrons. The number of ether oxygens (including phenoxy) is 2. The zero-order chi connectivity index (χ0) is 28.3. The second-order valence-corrected chi connectivity index (χ2v) is 11.7. The summed E-state index contributed by atoms with van der Waals surface area (Å²) in [5, 5.41) is 21.2. The molecule has 0 unspecified atom stereocenters. The first kappa shape index (κ1) is 29.2. The maximum atomic E-state index is 11.7. The van der Waals surface area contributed by atoms with Gasteiger partial charge >= 0.3 is 0 Å². The van der Waals surface area contributed by atoms with Gasteiger partial charge in [0.15, 0.2) is 16.7 Å². The highest BCUT2D eigenvalue weighted by Gasteiger charge is 2.26. The van der Waals surface area contributed by atoms with E-state index < -0.39 is 5.25 Å². The fourth-order valence-corrected chi connectivity index (χ4v) is 5.95. The van der Waals surface area contributed by atoms with Crippen molar-refractivity contribution in [2.75, 3.05) is 13.7 Å². The third-order valence-electron chi connectivity index (χ3n) is 6.10. The highest BCUT2D eigenvalue weighted by Crippen LogP contribution is 2.43. The lowest BCUT2D eigenvalue weighted by molar-refractivity contribution is -0.479. The van der Waals surface area contributed by atoms with Crippen LogP contribution in [-0.4, -0.2) is 33.3 Å². The fourth-order valence-electron chi connectivity index (χ4n) is 3.91. The van der Waals surface area contributed by atoms with Gasteiger partial charge in [-0.15, -0.1) is 10.2 Å². The van der Waals surface area contributed by atoms with Crippen LogP contribution in [0.3, 0.4) is 0 Å². The van der Waals surface area contributed by atoms with Crippen LogP contribution >= 0.6 is 50.9 Å². The molecule has 0 spiro atoms. The summed E-state index contributed by atoms with van der Waals surface area (Å²) >= 11 is 17.0. The molecule has 4 aromatic rings. The quantitative estimate of drug-likeness (QED) is 0.0976. The van der Waals surface area contributed by atoms with Gasteiger partial charge in [0.25, 0.3) is 0 Å². The van der Waals surface area contributed by atoms with E-state index in [1.54, 1.807) is 24.3 Å². The minimum absolute atomic E-state index is 0.219. The minimum Gasteiger partial charge on any atom is -0.493 e. The number of rotatable bonds is 10. The van der Waals surface area contributed by atoms with Gasteiger partial charge in [-0.05, 0) is 95.4 Å². The van der Waals surface area contributed by atoms with Crippen LogP contribution in [0, 0.1) is 30.9 Å². The Kier molecular flexibility index (Phi) is 9.43. The topological polar surface area (TPSA) is 92.3 Å². The maximum Gasteiger partial charge on any atom is 0.220 e. The molecule has 0 aliphatic heterocycles. The SMILES string of the molecule is COc1cc([C@H](C[N+](=O)[O-])Sc2nnc(C)n2-c2ccc(C)c(C)c2)cc(Br)c1OCc1ccc(Cl)c(Cl)c1. The van der Waals surface area contributed by atoms with E-state index in [2.05, 4.69) is 32.2 Å². The van der Waals surface area contributed by atoms with E-state index in [4.69, 9.17) is 32.7 Å². The average Bonchev–Trinajstić information content (AvgIpc) is 3.25. The summed E-state index contributed by atoms with van der Waals surface area (Å²) in [7, 11) is 1.52. The van der Waals surface area contributed by atoms with Crippen molar-refractivity contribution in [1.29, 1.82) is 0 Å². The standard InChI is InChI=1S/C27H25BrCl2N4O4S/c1-15-5-7-20(9-16(15)2)34-17(3)31-32-27(34)39-25(13-33(35)36)19-11-21(28)26(24(12-19)37-4)38-14-18-6-8-22(29)23(30)10-18/h5-12,25H,13-14H2,1-4H3/t25-/m0/s1. The summed E-state index contributed by atoms with van der Waals surface area (Å²) in [5.74, 6) is 1.58. The summed E-state index contributed by atoms with van der Waals surface area (Å²) < 4.78 is 14.1. The molecule has 0 amide bonds.